The van der Waals surface area contributed by atoms with Crippen LogP contribution < -0.4 is 10.1 Å². The van der Waals surface area contributed by atoms with E-state index in [1.54, 1.807) is 36.4 Å². The number of methoxy groups -OCH3 is 1. The molecular weight excluding hydrogens is 352 g/mol. The van der Waals surface area contributed by atoms with Gasteiger partial charge in [0.1, 0.15) is 18.2 Å². The molecule has 0 saturated heterocycles. The third kappa shape index (κ3) is 4.25. The van der Waals surface area contributed by atoms with Crippen molar-refractivity contribution in [3.63, 3.8) is 0 Å². The van der Waals surface area contributed by atoms with Gasteiger partial charge in [-0.2, -0.15) is 0 Å². The number of carbonyl (C=O) groups is 1. The summed E-state index contributed by atoms with van der Waals surface area (Å²) in [6, 6.07) is 11.5. The molecule has 0 aliphatic heterocycles. The number of aromatic nitrogens is 2. The molecule has 2 heterocycles. The predicted molar refractivity (Wildman–Crippen MR) is 95.5 cm³/mol. The fourth-order valence-electron chi connectivity index (χ4n) is 2.57. The Kier molecular flexibility index (Phi) is 5.71. The Hall–Kier alpha value is -3.35. The first kappa shape index (κ1) is 18.4. The summed E-state index contributed by atoms with van der Waals surface area (Å²) in [6.07, 6.45) is 2.81. The Labute approximate surface area is 155 Å². The van der Waals surface area contributed by atoms with E-state index in [0.29, 0.717) is 17.0 Å². The van der Waals surface area contributed by atoms with Crippen LogP contribution in [-0.2, 0) is 6.67 Å². The van der Waals surface area contributed by atoms with Crippen LogP contribution in [0.4, 0.5) is 8.78 Å². The van der Waals surface area contributed by atoms with Gasteiger partial charge in [-0.15, -0.1) is 0 Å². The number of halogens is 2. The number of ether oxygens (including phenoxy) is 1. The van der Waals surface area contributed by atoms with E-state index in [1.807, 2.05) is 0 Å². The monoisotopic (exact) mass is 369 g/mol. The molecule has 1 N–H and O–H groups in total. The number of benzene rings is 1. The standard InChI is InChI=1S/C20H17F2N3O2/c1-27-17-9-8-15(12-24-17)20(26)25-18(19-16(22)3-2-10-23-19)14-6-4-13(11-21)5-7-14/h2-10,12,18H,11H2,1H3,(H,25,26)/t18-/m0/s1. The highest BCUT2D eigenvalue weighted by atomic mass is 19.1. The maximum absolute atomic E-state index is 14.3. The van der Waals surface area contributed by atoms with Crippen molar-refractivity contribution in [1.29, 1.82) is 0 Å². The Balaban J connectivity index is 1.93. The molecule has 138 valence electrons. The highest BCUT2D eigenvalue weighted by Crippen LogP contribution is 2.24. The first-order chi connectivity index (χ1) is 13.1. The largest absolute Gasteiger partial charge is 0.481 e. The lowest BCUT2D eigenvalue weighted by molar-refractivity contribution is 0.0941. The van der Waals surface area contributed by atoms with Crippen LogP contribution >= 0.6 is 0 Å². The first-order valence-electron chi connectivity index (χ1n) is 8.18. The van der Waals surface area contributed by atoms with Gasteiger partial charge >= 0.3 is 0 Å². The predicted octanol–water partition coefficient (Wildman–Crippen LogP) is 3.61. The van der Waals surface area contributed by atoms with Gasteiger partial charge in [-0.1, -0.05) is 24.3 Å². The van der Waals surface area contributed by atoms with Crippen molar-refractivity contribution in [3.05, 3.63) is 89.1 Å². The maximum Gasteiger partial charge on any atom is 0.253 e. The third-order valence-corrected chi connectivity index (χ3v) is 4.01. The van der Waals surface area contributed by atoms with Crippen LogP contribution in [0, 0.1) is 5.82 Å². The van der Waals surface area contributed by atoms with Crippen molar-refractivity contribution in [1.82, 2.24) is 15.3 Å². The average Bonchev–Trinajstić information content (AvgIpc) is 2.72. The van der Waals surface area contributed by atoms with Crippen LogP contribution in [0.1, 0.15) is 33.2 Å². The van der Waals surface area contributed by atoms with Gasteiger partial charge in [-0.25, -0.2) is 13.8 Å². The van der Waals surface area contributed by atoms with E-state index in [4.69, 9.17) is 4.74 Å². The number of carbonyl (C=O) groups excluding carboxylic acids is 1. The molecule has 0 aliphatic rings. The van der Waals surface area contributed by atoms with Crippen LogP contribution in [0.5, 0.6) is 5.88 Å². The van der Waals surface area contributed by atoms with E-state index in [0.717, 1.165) is 0 Å². The van der Waals surface area contributed by atoms with Gasteiger partial charge in [0.2, 0.25) is 5.88 Å². The number of nitrogens with zero attached hydrogens (tertiary/aromatic N) is 2. The zero-order chi connectivity index (χ0) is 19.2. The fourth-order valence-corrected chi connectivity index (χ4v) is 2.57. The smallest absolute Gasteiger partial charge is 0.253 e. The summed E-state index contributed by atoms with van der Waals surface area (Å²) in [5, 5.41) is 2.77. The van der Waals surface area contributed by atoms with Crippen LogP contribution in [0.25, 0.3) is 0 Å². The molecule has 1 aromatic carbocycles. The number of pyridine rings is 2. The van der Waals surface area contributed by atoms with Gasteiger partial charge in [0, 0.05) is 18.5 Å². The van der Waals surface area contributed by atoms with Crippen LogP contribution in [0.3, 0.4) is 0 Å². The lowest BCUT2D eigenvalue weighted by atomic mass is 10.0. The van der Waals surface area contributed by atoms with E-state index in [1.165, 1.54) is 31.6 Å². The molecule has 0 bridgehead atoms. The second kappa shape index (κ2) is 8.35. The molecule has 2 aromatic heterocycles. The molecule has 0 saturated carbocycles. The molecule has 0 unspecified atom stereocenters. The van der Waals surface area contributed by atoms with Gasteiger partial charge in [0.05, 0.1) is 18.7 Å². The summed E-state index contributed by atoms with van der Waals surface area (Å²) in [5.41, 5.74) is 1.43. The molecule has 3 rings (SSSR count). The highest BCUT2D eigenvalue weighted by molar-refractivity contribution is 5.94. The van der Waals surface area contributed by atoms with Crippen LogP contribution in [0.15, 0.2) is 60.9 Å². The minimum Gasteiger partial charge on any atom is -0.481 e. The second-order valence-corrected chi connectivity index (χ2v) is 5.74. The molecule has 7 heteroatoms. The maximum atomic E-state index is 14.3. The molecule has 0 fully saturated rings. The minimum atomic E-state index is -0.838. The van der Waals surface area contributed by atoms with E-state index in [-0.39, 0.29) is 11.3 Å². The van der Waals surface area contributed by atoms with Crippen molar-refractivity contribution in [2.75, 3.05) is 7.11 Å². The van der Waals surface area contributed by atoms with Crippen molar-refractivity contribution >= 4 is 5.91 Å². The molecule has 0 radical (unpaired) electrons. The summed E-state index contributed by atoms with van der Waals surface area (Å²) in [5.74, 6) is -0.624. The number of hydrogen-bond acceptors (Lipinski definition) is 4. The molecular formula is C20H17F2N3O2. The fraction of sp³-hybridized carbons (Fsp3) is 0.150. The van der Waals surface area contributed by atoms with Gasteiger partial charge < -0.3 is 10.1 Å². The Bertz CT molecular complexity index is 915. The van der Waals surface area contributed by atoms with E-state index in [9.17, 15) is 13.6 Å². The molecule has 1 atom stereocenters. The topological polar surface area (TPSA) is 64.1 Å². The number of amides is 1. The van der Waals surface area contributed by atoms with E-state index >= 15 is 0 Å². The quantitative estimate of drug-likeness (QED) is 0.721. The lowest BCUT2D eigenvalue weighted by Gasteiger charge is -2.19. The molecule has 3 aromatic rings. The molecule has 0 aliphatic carbocycles. The zero-order valence-electron chi connectivity index (χ0n) is 14.5. The minimum absolute atomic E-state index is 0.0697. The van der Waals surface area contributed by atoms with Gasteiger partial charge in [-0.3, -0.25) is 9.78 Å². The first-order valence-corrected chi connectivity index (χ1v) is 8.18. The summed E-state index contributed by atoms with van der Waals surface area (Å²) in [7, 11) is 1.48. The number of hydrogen-bond donors (Lipinski definition) is 1. The molecule has 0 spiro atoms. The SMILES string of the molecule is COc1ccc(C(=O)N[C@@H](c2ccc(CF)cc2)c2ncccc2F)cn1. The lowest BCUT2D eigenvalue weighted by Crippen LogP contribution is -2.30. The normalized spacial score (nSPS) is 11.7. The van der Waals surface area contributed by atoms with Crippen molar-refractivity contribution in [3.8, 4) is 5.88 Å². The number of rotatable bonds is 6. The van der Waals surface area contributed by atoms with E-state index in [2.05, 4.69) is 15.3 Å². The van der Waals surface area contributed by atoms with Crippen molar-refractivity contribution in [2.24, 2.45) is 0 Å². The second-order valence-electron chi connectivity index (χ2n) is 5.74. The van der Waals surface area contributed by atoms with Gasteiger partial charge in [0.25, 0.3) is 5.91 Å². The van der Waals surface area contributed by atoms with Gasteiger partial charge in [0.15, 0.2) is 0 Å². The van der Waals surface area contributed by atoms with Crippen molar-refractivity contribution in [2.45, 2.75) is 12.7 Å². The Morgan fingerprint density at radius 1 is 1.15 bits per heavy atom. The average molecular weight is 369 g/mol. The summed E-state index contributed by atoms with van der Waals surface area (Å²) < 4.78 is 32.1. The van der Waals surface area contributed by atoms with Crippen LogP contribution in [0.2, 0.25) is 0 Å². The molecule has 5 nitrogen and oxygen atoms in total. The van der Waals surface area contributed by atoms with E-state index < -0.39 is 24.4 Å². The van der Waals surface area contributed by atoms with Crippen LogP contribution in [-0.4, -0.2) is 23.0 Å². The molecule has 27 heavy (non-hydrogen) atoms. The molecule has 1 amide bonds. The van der Waals surface area contributed by atoms with Gasteiger partial charge in [-0.05, 0) is 29.3 Å². The summed E-state index contributed by atoms with van der Waals surface area (Å²) >= 11 is 0. The number of nitrogens with one attached hydrogen (secondary N) is 1. The van der Waals surface area contributed by atoms with Crippen molar-refractivity contribution < 1.29 is 18.3 Å². The summed E-state index contributed by atoms with van der Waals surface area (Å²) in [6.45, 7) is -0.604. The Morgan fingerprint density at radius 3 is 2.52 bits per heavy atom. The summed E-state index contributed by atoms with van der Waals surface area (Å²) in [4.78, 5) is 20.7. The Morgan fingerprint density at radius 2 is 1.93 bits per heavy atom. The number of alkyl halides is 1. The highest BCUT2D eigenvalue weighted by Gasteiger charge is 2.22. The third-order valence-electron chi connectivity index (χ3n) is 4.01. The zero-order valence-corrected chi connectivity index (χ0v) is 14.5.